The van der Waals surface area contributed by atoms with Crippen LogP contribution in [0.4, 0.5) is 5.69 Å². The molecule has 2 aromatic rings. The molecule has 1 saturated heterocycles. The smallest absolute Gasteiger partial charge is 0.233 e. The van der Waals surface area contributed by atoms with Crippen LogP contribution in [0.5, 0.6) is 5.75 Å². The maximum Gasteiger partial charge on any atom is 0.233 e. The SMILES string of the molecule is CC[C@@]1(O)CCN(c2ccc(OC)cc2)C(=O)[C@@H]1Cc1ccccc1. The highest BCUT2D eigenvalue weighted by molar-refractivity contribution is 5.97. The number of piperidine rings is 1. The first-order chi connectivity index (χ1) is 12.1. The van der Waals surface area contributed by atoms with Crippen LogP contribution in [0.1, 0.15) is 25.3 Å². The summed E-state index contributed by atoms with van der Waals surface area (Å²) < 4.78 is 5.19. The number of hydrogen-bond acceptors (Lipinski definition) is 3. The zero-order chi connectivity index (χ0) is 17.9. The van der Waals surface area contributed by atoms with Crippen molar-refractivity contribution in [1.29, 1.82) is 0 Å². The molecule has 0 bridgehead atoms. The van der Waals surface area contributed by atoms with E-state index in [0.29, 0.717) is 25.8 Å². The van der Waals surface area contributed by atoms with Gasteiger partial charge in [0.2, 0.25) is 5.91 Å². The number of aliphatic hydroxyl groups is 1. The van der Waals surface area contributed by atoms with E-state index in [1.807, 2.05) is 61.5 Å². The molecule has 2 atom stereocenters. The zero-order valence-corrected chi connectivity index (χ0v) is 14.8. The molecule has 1 heterocycles. The van der Waals surface area contributed by atoms with Gasteiger partial charge in [0, 0.05) is 12.2 Å². The van der Waals surface area contributed by atoms with Crippen LogP contribution in [0.15, 0.2) is 54.6 Å². The molecular formula is C21H25NO3. The number of carbonyl (C=O) groups is 1. The number of ether oxygens (including phenoxy) is 1. The van der Waals surface area contributed by atoms with Gasteiger partial charge in [0.25, 0.3) is 0 Å². The molecule has 1 fully saturated rings. The van der Waals surface area contributed by atoms with Crippen molar-refractivity contribution in [2.75, 3.05) is 18.6 Å². The first kappa shape index (κ1) is 17.5. The molecule has 4 heteroatoms. The van der Waals surface area contributed by atoms with Gasteiger partial charge in [-0.1, -0.05) is 37.3 Å². The van der Waals surface area contributed by atoms with Crippen LogP contribution in [0.3, 0.4) is 0 Å². The van der Waals surface area contributed by atoms with Crippen molar-refractivity contribution in [3.8, 4) is 5.75 Å². The highest BCUT2D eigenvalue weighted by atomic mass is 16.5. The van der Waals surface area contributed by atoms with Crippen molar-refractivity contribution in [3.05, 3.63) is 60.2 Å². The van der Waals surface area contributed by atoms with Crippen LogP contribution in [-0.2, 0) is 11.2 Å². The van der Waals surface area contributed by atoms with Gasteiger partial charge in [-0.25, -0.2) is 0 Å². The lowest BCUT2D eigenvalue weighted by molar-refractivity contribution is -0.137. The van der Waals surface area contributed by atoms with Crippen LogP contribution in [0, 0.1) is 5.92 Å². The first-order valence-electron chi connectivity index (χ1n) is 8.79. The average Bonchev–Trinajstić information content (AvgIpc) is 2.66. The second kappa shape index (κ2) is 7.28. The van der Waals surface area contributed by atoms with E-state index < -0.39 is 11.5 Å². The van der Waals surface area contributed by atoms with Crippen LogP contribution < -0.4 is 9.64 Å². The summed E-state index contributed by atoms with van der Waals surface area (Å²) in [5.74, 6) is 0.319. The minimum Gasteiger partial charge on any atom is -0.497 e. The summed E-state index contributed by atoms with van der Waals surface area (Å²) in [5, 5.41) is 11.1. The summed E-state index contributed by atoms with van der Waals surface area (Å²) in [6.45, 7) is 2.48. The van der Waals surface area contributed by atoms with Gasteiger partial charge in [0.05, 0.1) is 18.6 Å². The summed E-state index contributed by atoms with van der Waals surface area (Å²) in [7, 11) is 1.62. The van der Waals surface area contributed by atoms with Crippen molar-refractivity contribution in [2.45, 2.75) is 31.8 Å². The standard InChI is InChI=1S/C21H25NO3/c1-3-21(24)13-14-22(17-9-11-18(25-2)12-10-17)20(23)19(21)15-16-7-5-4-6-8-16/h4-12,19,24H,3,13-15H2,1-2H3/t19-,21+/m0/s1. The van der Waals surface area contributed by atoms with Crippen molar-refractivity contribution < 1.29 is 14.6 Å². The number of rotatable bonds is 5. The first-order valence-corrected chi connectivity index (χ1v) is 8.79. The van der Waals surface area contributed by atoms with Crippen molar-refractivity contribution in [3.63, 3.8) is 0 Å². The molecule has 1 amide bonds. The normalized spacial score (nSPS) is 23.6. The molecule has 1 aliphatic rings. The molecule has 0 spiro atoms. The Hall–Kier alpha value is -2.33. The molecule has 2 aromatic carbocycles. The number of methoxy groups -OCH3 is 1. The lowest BCUT2D eigenvalue weighted by atomic mass is 9.75. The van der Waals surface area contributed by atoms with Crippen LogP contribution in [0.25, 0.3) is 0 Å². The van der Waals surface area contributed by atoms with E-state index in [2.05, 4.69) is 0 Å². The second-order valence-corrected chi connectivity index (χ2v) is 6.64. The van der Waals surface area contributed by atoms with Gasteiger partial charge in [0.1, 0.15) is 5.75 Å². The fraction of sp³-hybridized carbons (Fsp3) is 0.381. The van der Waals surface area contributed by atoms with Crippen LogP contribution in [0.2, 0.25) is 0 Å². The van der Waals surface area contributed by atoms with E-state index in [4.69, 9.17) is 4.74 Å². The van der Waals surface area contributed by atoms with Gasteiger partial charge in [-0.05, 0) is 49.1 Å². The van der Waals surface area contributed by atoms with E-state index in [1.165, 1.54) is 0 Å². The maximum atomic E-state index is 13.2. The van der Waals surface area contributed by atoms with Crippen LogP contribution in [-0.4, -0.2) is 30.3 Å². The number of anilines is 1. The summed E-state index contributed by atoms with van der Waals surface area (Å²) in [4.78, 5) is 15.0. The topological polar surface area (TPSA) is 49.8 Å². The van der Waals surface area contributed by atoms with Gasteiger partial charge < -0.3 is 14.7 Å². The van der Waals surface area contributed by atoms with E-state index in [1.54, 1.807) is 12.0 Å². The molecule has 0 aliphatic carbocycles. The Labute approximate surface area is 149 Å². The predicted octanol–water partition coefficient (Wildman–Crippen LogP) is 3.43. The van der Waals surface area contributed by atoms with Gasteiger partial charge in [-0.15, -0.1) is 0 Å². The molecule has 0 aromatic heterocycles. The molecule has 0 unspecified atom stereocenters. The Morgan fingerprint density at radius 3 is 2.44 bits per heavy atom. The molecule has 132 valence electrons. The summed E-state index contributed by atoms with van der Waals surface area (Å²) in [5.41, 5.74) is 0.974. The third kappa shape index (κ3) is 3.54. The van der Waals surface area contributed by atoms with Gasteiger partial charge >= 0.3 is 0 Å². The average molecular weight is 339 g/mol. The Morgan fingerprint density at radius 1 is 1.16 bits per heavy atom. The number of nitrogens with zero attached hydrogens (tertiary/aromatic N) is 1. The largest absolute Gasteiger partial charge is 0.497 e. The third-order valence-corrected chi connectivity index (χ3v) is 5.26. The van der Waals surface area contributed by atoms with Crippen molar-refractivity contribution in [2.24, 2.45) is 5.92 Å². The van der Waals surface area contributed by atoms with Gasteiger partial charge in [-0.2, -0.15) is 0 Å². The van der Waals surface area contributed by atoms with Gasteiger partial charge in [0.15, 0.2) is 0 Å². The monoisotopic (exact) mass is 339 g/mol. The molecule has 1 N–H and O–H groups in total. The minimum atomic E-state index is -0.949. The maximum absolute atomic E-state index is 13.2. The van der Waals surface area contributed by atoms with E-state index in [0.717, 1.165) is 17.0 Å². The Balaban J connectivity index is 1.87. The Kier molecular flexibility index (Phi) is 5.09. The number of benzene rings is 2. The molecule has 0 saturated carbocycles. The molecule has 25 heavy (non-hydrogen) atoms. The highest BCUT2D eigenvalue weighted by Gasteiger charge is 2.46. The molecule has 1 aliphatic heterocycles. The fourth-order valence-corrected chi connectivity index (χ4v) is 3.58. The van der Waals surface area contributed by atoms with E-state index in [9.17, 15) is 9.90 Å². The minimum absolute atomic E-state index is 0.00961. The van der Waals surface area contributed by atoms with E-state index >= 15 is 0 Å². The predicted molar refractivity (Wildman–Crippen MR) is 98.8 cm³/mol. The second-order valence-electron chi connectivity index (χ2n) is 6.64. The quantitative estimate of drug-likeness (QED) is 0.908. The lowest BCUT2D eigenvalue weighted by Gasteiger charge is -2.43. The number of hydrogen-bond donors (Lipinski definition) is 1. The zero-order valence-electron chi connectivity index (χ0n) is 14.8. The number of amides is 1. The Morgan fingerprint density at radius 2 is 1.84 bits per heavy atom. The molecule has 0 radical (unpaired) electrons. The molecular weight excluding hydrogens is 314 g/mol. The van der Waals surface area contributed by atoms with Gasteiger partial charge in [-0.3, -0.25) is 4.79 Å². The van der Waals surface area contributed by atoms with Crippen molar-refractivity contribution >= 4 is 11.6 Å². The number of carbonyl (C=O) groups excluding carboxylic acids is 1. The summed E-state index contributed by atoms with van der Waals surface area (Å²) >= 11 is 0. The summed E-state index contributed by atoms with van der Waals surface area (Å²) in [6.07, 6.45) is 1.71. The summed E-state index contributed by atoms with van der Waals surface area (Å²) in [6, 6.07) is 17.4. The lowest BCUT2D eigenvalue weighted by Crippen LogP contribution is -2.56. The molecule has 4 nitrogen and oxygen atoms in total. The highest BCUT2D eigenvalue weighted by Crippen LogP contribution is 2.36. The van der Waals surface area contributed by atoms with Crippen molar-refractivity contribution in [1.82, 2.24) is 0 Å². The van der Waals surface area contributed by atoms with Crippen LogP contribution >= 0.6 is 0 Å². The molecule has 3 rings (SSSR count). The van der Waals surface area contributed by atoms with E-state index in [-0.39, 0.29) is 5.91 Å². The Bertz CT molecular complexity index is 714. The fourth-order valence-electron chi connectivity index (χ4n) is 3.58. The third-order valence-electron chi connectivity index (χ3n) is 5.26.